The lowest BCUT2D eigenvalue weighted by molar-refractivity contribution is 0.0685. The average molecular weight is 314 g/mol. The molecule has 2 N–H and O–H groups in total. The van der Waals surface area contributed by atoms with Gasteiger partial charge in [-0.15, -0.1) is 0 Å². The molecule has 2 rings (SSSR count). The number of hydrogen-bond donors (Lipinski definition) is 2. The summed E-state index contributed by atoms with van der Waals surface area (Å²) in [4.78, 5) is 11.1. The van der Waals surface area contributed by atoms with E-state index < -0.39 is 16.0 Å². The lowest BCUT2D eigenvalue weighted by atomic mass is 10.1. The first-order chi connectivity index (χ1) is 9.83. The molecule has 0 aliphatic heterocycles. The number of sulfonamides is 1. The fourth-order valence-corrected chi connectivity index (χ4v) is 4.05. The monoisotopic (exact) mass is 314 g/mol. The van der Waals surface area contributed by atoms with Gasteiger partial charge in [0.2, 0.25) is 10.0 Å². The fraction of sp³-hybridized carbons (Fsp3) is 0.643. The molecule has 1 fully saturated rings. The van der Waals surface area contributed by atoms with Crippen molar-refractivity contribution in [2.24, 2.45) is 11.8 Å². The molecule has 0 aromatic carbocycles. The van der Waals surface area contributed by atoms with Gasteiger partial charge in [0.05, 0.1) is 0 Å². The number of aryl methyl sites for hydroxylation is 1. The van der Waals surface area contributed by atoms with Crippen LogP contribution in [-0.2, 0) is 16.6 Å². The molecule has 0 saturated heterocycles. The summed E-state index contributed by atoms with van der Waals surface area (Å²) in [5.74, 6) is -0.0933. The van der Waals surface area contributed by atoms with E-state index in [0.29, 0.717) is 24.9 Å². The highest BCUT2D eigenvalue weighted by molar-refractivity contribution is 7.89. The van der Waals surface area contributed by atoms with Gasteiger partial charge < -0.3 is 9.67 Å². The molecule has 1 heterocycles. The van der Waals surface area contributed by atoms with Crippen molar-refractivity contribution in [3.05, 3.63) is 18.0 Å². The van der Waals surface area contributed by atoms with Crippen molar-refractivity contribution in [1.82, 2.24) is 9.29 Å². The van der Waals surface area contributed by atoms with E-state index in [1.165, 1.54) is 16.8 Å². The summed E-state index contributed by atoms with van der Waals surface area (Å²) in [5, 5.41) is 9.07. The number of rotatable bonds is 6. The zero-order chi connectivity index (χ0) is 15.6. The Kier molecular flexibility index (Phi) is 4.73. The molecule has 21 heavy (non-hydrogen) atoms. The van der Waals surface area contributed by atoms with Crippen molar-refractivity contribution in [1.29, 1.82) is 0 Å². The maximum atomic E-state index is 12.3. The van der Waals surface area contributed by atoms with E-state index in [-0.39, 0.29) is 10.6 Å². The van der Waals surface area contributed by atoms with Crippen LogP contribution in [0.4, 0.5) is 0 Å². The van der Waals surface area contributed by atoms with Crippen LogP contribution in [0.25, 0.3) is 0 Å². The van der Waals surface area contributed by atoms with Crippen LogP contribution in [0.5, 0.6) is 0 Å². The molecule has 1 aliphatic carbocycles. The quantitative estimate of drug-likeness (QED) is 0.839. The van der Waals surface area contributed by atoms with E-state index in [1.807, 2.05) is 0 Å². The topological polar surface area (TPSA) is 88.4 Å². The smallest absolute Gasteiger partial charge is 0.352 e. The summed E-state index contributed by atoms with van der Waals surface area (Å²) in [6.45, 7) is 4.79. The highest BCUT2D eigenvalue weighted by atomic mass is 32.2. The Morgan fingerprint density at radius 1 is 1.48 bits per heavy atom. The first-order valence-electron chi connectivity index (χ1n) is 7.26. The SMILES string of the molecule is CCn1cc(S(=O)(=O)NCC2CCC(C)C2)cc1C(=O)O. The predicted molar refractivity (Wildman–Crippen MR) is 78.8 cm³/mol. The number of nitrogens with zero attached hydrogens (tertiary/aromatic N) is 1. The van der Waals surface area contributed by atoms with Crippen LogP contribution < -0.4 is 4.72 Å². The molecular weight excluding hydrogens is 292 g/mol. The molecule has 1 aromatic heterocycles. The zero-order valence-corrected chi connectivity index (χ0v) is 13.2. The Bertz CT molecular complexity index is 621. The first-order valence-corrected chi connectivity index (χ1v) is 8.75. The largest absolute Gasteiger partial charge is 0.477 e. The molecule has 0 bridgehead atoms. The number of aromatic carboxylic acids is 1. The lowest BCUT2D eigenvalue weighted by Crippen LogP contribution is -2.28. The summed E-state index contributed by atoms with van der Waals surface area (Å²) in [7, 11) is -3.64. The van der Waals surface area contributed by atoms with Crippen LogP contribution in [0.2, 0.25) is 0 Å². The van der Waals surface area contributed by atoms with E-state index in [2.05, 4.69) is 11.6 Å². The summed E-state index contributed by atoms with van der Waals surface area (Å²) < 4.78 is 28.5. The van der Waals surface area contributed by atoms with Gasteiger partial charge >= 0.3 is 5.97 Å². The fourth-order valence-electron chi connectivity index (χ4n) is 2.89. The van der Waals surface area contributed by atoms with Gasteiger partial charge in [-0.25, -0.2) is 17.9 Å². The van der Waals surface area contributed by atoms with Crippen LogP contribution in [0.3, 0.4) is 0 Å². The molecule has 7 heteroatoms. The second kappa shape index (κ2) is 6.19. The van der Waals surface area contributed by atoms with E-state index in [4.69, 9.17) is 5.11 Å². The third-order valence-electron chi connectivity index (χ3n) is 4.11. The molecule has 118 valence electrons. The minimum Gasteiger partial charge on any atom is -0.477 e. The normalized spacial score (nSPS) is 22.6. The maximum Gasteiger partial charge on any atom is 0.352 e. The van der Waals surface area contributed by atoms with Crippen molar-refractivity contribution < 1.29 is 18.3 Å². The van der Waals surface area contributed by atoms with Gasteiger partial charge in [0.25, 0.3) is 0 Å². The standard InChI is InChI=1S/C14H22N2O4S/c1-3-16-9-12(7-13(16)14(17)18)21(19,20)15-8-11-5-4-10(2)6-11/h7,9-11,15H,3-6,8H2,1-2H3,(H,17,18). The average Bonchev–Trinajstić information content (AvgIpc) is 3.02. The van der Waals surface area contributed by atoms with Crippen molar-refractivity contribution in [3.8, 4) is 0 Å². The number of carboxylic acids is 1. The van der Waals surface area contributed by atoms with Crippen LogP contribution in [0, 0.1) is 11.8 Å². The summed E-state index contributed by atoms with van der Waals surface area (Å²) >= 11 is 0. The Balaban J connectivity index is 2.10. The van der Waals surface area contributed by atoms with Gasteiger partial charge in [-0.3, -0.25) is 0 Å². The highest BCUT2D eigenvalue weighted by Gasteiger charge is 2.25. The third-order valence-corrected chi connectivity index (χ3v) is 5.50. The van der Waals surface area contributed by atoms with E-state index in [9.17, 15) is 13.2 Å². The van der Waals surface area contributed by atoms with Crippen molar-refractivity contribution >= 4 is 16.0 Å². The summed E-state index contributed by atoms with van der Waals surface area (Å²) in [6.07, 6.45) is 4.60. The van der Waals surface area contributed by atoms with Crippen molar-refractivity contribution in [3.63, 3.8) is 0 Å². The first kappa shape index (κ1) is 16.0. The lowest BCUT2D eigenvalue weighted by Gasteiger charge is -2.10. The van der Waals surface area contributed by atoms with Gasteiger partial charge in [0.15, 0.2) is 0 Å². The number of hydrogen-bond acceptors (Lipinski definition) is 3. The van der Waals surface area contributed by atoms with Crippen LogP contribution in [0.1, 0.15) is 43.6 Å². The molecule has 2 unspecified atom stereocenters. The third kappa shape index (κ3) is 3.65. The van der Waals surface area contributed by atoms with Gasteiger partial charge in [0.1, 0.15) is 10.6 Å². The number of nitrogens with one attached hydrogen (secondary N) is 1. The number of carboxylic acid groups (broad SMARTS) is 1. The summed E-state index contributed by atoms with van der Waals surface area (Å²) in [6, 6.07) is 1.21. The second-order valence-electron chi connectivity index (χ2n) is 5.79. The Hall–Kier alpha value is -1.34. The maximum absolute atomic E-state index is 12.3. The Morgan fingerprint density at radius 2 is 2.19 bits per heavy atom. The van der Waals surface area contributed by atoms with Gasteiger partial charge in [-0.1, -0.05) is 13.3 Å². The molecule has 0 radical (unpaired) electrons. The van der Waals surface area contributed by atoms with Crippen LogP contribution in [0.15, 0.2) is 17.2 Å². The van der Waals surface area contributed by atoms with Crippen LogP contribution in [-0.4, -0.2) is 30.6 Å². The minimum absolute atomic E-state index is 0.00707. The Morgan fingerprint density at radius 3 is 2.67 bits per heavy atom. The Labute approximate surface area is 125 Å². The van der Waals surface area contributed by atoms with Crippen LogP contribution >= 0.6 is 0 Å². The number of carbonyl (C=O) groups is 1. The van der Waals surface area contributed by atoms with E-state index in [0.717, 1.165) is 19.3 Å². The van der Waals surface area contributed by atoms with E-state index >= 15 is 0 Å². The van der Waals surface area contributed by atoms with Gasteiger partial charge in [0, 0.05) is 19.3 Å². The van der Waals surface area contributed by atoms with E-state index in [1.54, 1.807) is 6.92 Å². The van der Waals surface area contributed by atoms with Gasteiger partial charge in [-0.05, 0) is 37.7 Å². The highest BCUT2D eigenvalue weighted by Crippen LogP contribution is 2.30. The zero-order valence-electron chi connectivity index (χ0n) is 12.4. The molecule has 0 spiro atoms. The molecule has 0 amide bonds. The molecule has 1 aromatic rings. The minimum atomic E-state index is -3.64. The predicted octanol–water partition coefficient (Wildman–Crippen LogP) is 1.92. The second-order valence-corrected chi connectivity index (χ2v) is 7.56. The molecule has 2 atom stereocenters. The van der Waals surface area contributed by atoms with Crippen molar-refractivity contribution in [2.45, 2.75) is 44.6 Å². The molecular formula is C14H22N2O4S. The molecule has 6 nitrogen and oxygen atoms in total. The molecule has 1 aliphatic rings. The number of aromatic nitrogens is 1. The molecule has 1 saturated carbocycles. The summed E-state index contributed by atoms with van der Waals surface area (Å²) in [5.41, 5.74) is -0.00707. The van der Waals surface area contributed by atoms with Crippen molar-refractivity contribution in [2.75, 3.05) is 6.54 Å². The van der Waals surface area contributed by atoms with Gasteiger partial charge in [-0.2, -0.15) is 0 Å².